The Morgan fingerprint density at radius 1 is 0.727 bits per heavy atom. The summed E-state index contributed by atoms with van der Waals surface area (Å²) >= 11 is 1.16. The third kappa shape index (κ3) is 18.0. The lowest BCUT2D eigenvalue weighted by atomic mass is 10.1. The van der Waals surface area contributed by atoms with Crippen molar-refractivity contribution in [2.75, 3.05) is 25.4 Å². The summed E-state index contributed by atoms with van der Waals surface area (Å²) in [6.07, 6.45) is -18.7. The predicted octanol–water partition coefficient (Wildman–Crippen LogP) is 1.06. The van der Waals surface area contributed by atoms with E-state index in [9.17, 15) is 58.7 Å². The molecule has 0 unspecified atom stereocenters. The van der Waals surface area contributed by atoms with Crippen molar-refractivity contribution in [3.05, 3.63) is 40.2 Å². The second-order valence-electron chi connectivity index (χ2n) is 9.68. The Balaban J connectivity index is 0.00000113. The fourth-order valence-corrected chi connectivity index (χ4v) is 4.56. The van der Waals surface area contributed by atoms with Crippen molar-refractivity contribution in [1.82, 2.24) is 0 Å². The number of fused-ring (bicyclic) bond motifs is 1. The highest BCUT2D eigenvalue weighted by Gasteiger charge is 2.48. The Morgan fingerprint density at radius 3 is 1.53 bits per heavy atom. The molecular weight excluding hydrogens is 809 g/mol. The van der Waals surface area contributed by atoms with E-state index in [1.807, 2.05) is 0 Å². The second-order valence-corrected chi connectivity index (χ2v) is 10.8. The van der Waals surface area contributed by atoms with E-state index < -0.39 is 103 Å². The van der Waals surface area contributed by atoms with Crippen LogP contribution in [0.4, 0.5) is 39.5 Å². The van der Waals surface area contributed by atoms with Crippen molar-refractivity contribution in [3.63, 3.8) is 0 Å². The van der Waals surface area contributed by atoms with Crippen LogP contribution in [0.5, 0.6) is 5.75 Å². The molecule has 310 valence electrons. The first kappa shape index (κ1) is 49.6. The molecule has 1 fully saturated rings. The number of carboxylic acid groups (broad SMARTS) is 3. The molecule has 28 heteroatoms. The van der Waals surface area contributed by atoms with Crippen molar-refractivity contribution in [2.45, 2.75) is 49.2 Å². The maximum Gasteiger partial charge on any atom is 0.490 e. The fraction of sp³-hybridized carbons (Fsp3) is 0.444. The van der Waals surface area contributed by atoms with Crippen LogP contribution >= 0.6 is 11.8 Å². The summed E-state index contributed by atoms with van der Waals surface area (Å²) in [6.45, 7) is 0.484. The Morgan fingerprint density at radius 2 is 1.13 bits per heavy atom. The van der Waals surface area contributed by atoms with Crippen molar-refractivity contribution in [2.24, 2.45) is 17.2 Å². The van der Waals surface area contributed by atoms with E-state index in [1.54, 1.807) is 19.1 Å². The van der Waals surface area contributed by atoms with Gasteiger partial charge in [0.15, 0.2) is 23.7 Å². The molecule has 0 spiro atoms. The average molecular weight is 838 g/mol. The van der Waals surface area contributed by atoms with Crippen LogP contribution in [0.2, 0.25) is 0 Å². The molecule has 2 aromatic rings. The number of hydrogen-bond donors (Lipinski definition) is 6. The quantitative estimate of drug-likeness (QED) is 0.0937. The maximum atomic E-state index is 12.1. The lowest BCUT2D eigenvalue weighted by molar-refractivity contribution is -0.193. The molecule has 1 aromatic heterocycles. The summed E-state index contributed by atoms with van der Waals surface area (Å²) in [5.74, 6) is -10.2. The van der Waals surface area contributed by atoms with E-state index in [-0.39, 0.29) is 5.75 Å². The molecule has 3 rings (SSSR count). The number of thioether (sulfide) groups is 1. The van der Waals surface area contributed by atoms with Gasteiger partial charge in [0.25, 0.3) is 0 Å². The third-order valence-corrected chi connectivity index (χ3v) is 6.82. The van der Waals surface area contributed by atoms with E-state index in [0.717, 1.165) is 22.7 Å². The monoisotopic (exact) mass is 837 g/mol. The molecule has 2 heterocycles. The summed E-state index contributed by atoms with van der Waals surface area (Å²) in [4.78, 5) is 74.3. The third-order valence-electron chi connectivity index (χ3n) is 5.60. The molecule has 0 amide bonds. The molecule has 0 aliphatic carbocycles. The van der Waals surface area contributed by atoms with Gasteiger partial charge >= 0.3 is 60.0 Å². The van der Waals surface area contributed by atoms with Gasteiger partial charge in [0.1, 0.15) is 11.3 Å². The number of benzene rings is 1. The Hall–Kier alpha value is -5.35. The second kappa shape index (κ2) is 21.5. The number of aryl methyl sites for hydroxylation is 1. The van der Waals surface area contributed by atoms with Crippen LogP contribution in [0, 0.1) is 6.92 Å². The van der Waals surface area contributed by atoms with Crippen molar-refractivity contribution >= 4 is 58.5 Å². The molecule has 4 atom stereocenters. The number of carbonyl (C=O) groups excluding carboxylic acids is 3. The molecule has 1 aliphatic heterocycles. The largest absolute Gasteiger partial charge is 0.490 e. The number of ether oxygens (including phenoxy) is 4. The smallest absolute Gasteiger partial charge is 0.476 e. The van der Waals surface area contributed by atoms with E-state index >= 15 is 0 Å². The molecule has 55 heavy (non-hydrogen) atoms. The molecule has 0 radical (unpaired) electrons. The highest BCUT2D eigenvalue weighted by Crippen LogP contribution is 2.35. The predicted molar refractivity (Wildman–Crippen MR) is 162 cm³/mol. The number of aliphatic carboxylic acids is 3. The minimum atomic E-state index is -5.08. The van der Waals surface area contributed by atoms with Gasteiger partial charge in [-0.15, -0.1) is 11.8 Å². The van der Waals surface area contributed by atoms with Gasteiger partial charge in [0.2, 0.25) is 0 Å². The molecule has 1 aliphatic rings. The Labute approximate surface area is 303 Å². The zero-order valence-electron chi connectivity index (χ0n) is 27.2. The van der Waals surface area contributed by atoms with Gasteiger partial charge in [-0.05, 0) is 24.6 Å². The highest BCUT2D eigenvalue weighted by molar-refractivity contribution is 7.99. The lowest BCUT2D eigenvalue weighted by Gasteiger charge is -2.40. The summed E-state index contributed by atoms with van der Waals surface area (Å²) < 4.78 is 123. The zero-order chi connectivity index (χ0) is 43.1. The summed E-state index contributed by atoms with van der Waals surface area (Å²) in [7, 11) is 0. The number of alkyl halides is 9. The Bertz CT molecular complexity index is 1660. The van der Waals surface area contributed by atoms with Gasteiger partial charge in [-0.1, -0.05) is 0 Å². The molecule has 18 nitrogen and oxygen atoms in total. The number of nitrogens with two attached hydrogens (primary N) is 3. The number of hydrogen-bond acceptors (Lipinski definition) is 16. The van der Waals surface area contributed by atoms with E-state index in [1.165, 1.54) is 12.1 Å². The van der Waals surface area contributed by atoms with Crippen LogP contribution in [-0.4, -0.2) is 119 Å². The Kier molecular flexibility index (Phi) is 19.4. The SMILES string of the molecule is Cc1cc(=O)oc2cc(O[C@@H]3SC[C@@H](OC(=O)CN)[C@H](OC(=O)CN)[C@H]3OC(=O)CN)ccc12.O=C(O)C(F)(F)F.O=C(O)C(F)(F)F.O=C(O)C(F)(F)F. The van der Waals surface area contributed by atoms with Crippen molar-refractivity contribution in [3.8, 4) is 5.75 Å². The number of carbonyl (C=O) groups is 6. The van der Waals surface area contributed by atoms with E-state index in [2.05, 4.69) is 0 Å². The van der Waals surface area contributed by atoms with Crippen LogP contribution in [-0.2, 0) is 43.0 Å². The van der Waals surface area contributed by atoms with Crippen molar-refractivity contribution < 1.29 is 107 Å². The minimum Gasteiger partial charge on any atom is -0.476 e. The van der Waals surface area contributed by atoms with Gasteiger partial charge in [-0.2, -0.15) is 39.5 Å². The molecule has 0 saturated carbocycles. The normalized spacial score (nSPS) is 18.0. The molecule has 1 aromatic carbocycles. The number of carboxylic acids is 3. The molecule has 9 N–H and O–H groups in total. The van der Waals surface area contributed by atoms with Gasteiger partial charge in [-0.25, -0.2) is 19.2 Å². The first-order chi connectivity index (χ1) is 25.1. The number of halogens is 9. The first-order valence-corrected chi connectivity index (χ1v) is 15.1. The van der Waals surface area contributed by atoms with Gasteiger partial charge in [0.05, 0.1) is 19.6 Å². The summed E-state index contributed by atoms with van der Waals surface area (Å²) in [5.41, 5.74) is 15.7. The zero-order valence-corrected chi connectivity index (χ0v) is 28.0. The van der Waals surface area contributed by atoms with Crippen LogP contribution in [0.3, 0.4) is 0 Å². The molecule has 1 saturated heterocycles. The molecular formula is C27H28F9N3O15S. The van der Waals surface area contributed by atoms with Crippen molar-refractivity contribution in [1.29, 1.82) is 0 Å². The first-order valence-electron chi connectivity index (χ1n) is 14.0. The van der Waals surface area contributed by atoms with E-state index in [4.69, 9.17) is 70.3 Å². The average Bonchev–Trinajstić information content (AvgIpc) is 3.06. The highest BCUT2D eigenvalue weighted by atomic mass is 32.2. The topological polar surface area (TPSA) is 308 Å². The fourth-order valence-electron chi connectivity index (χ4n) is 3.34. The number of esters is 3. The van der Waals surface area contributed by atoms with Gasteiger partial charge in [-0.3, -0.25) is 14.4 Å². The minimum absolute atomic E-state index is 0.136. The van der Waals surface area contributed by atoms with Crippen LogP contribution in [0.25, 0.3) is 11.0 Å². The molecule has 0 bridgehead atoms. The summed E-state index contributed by atoms with van der Waals surface area (Å²) in [5, 5.41) is 22.1. The number of rotatable bonds is 8. The van der Waals surface area contributed by atoms with Gasteiger partial charge < -0.3 is 55.9 Å². The lowest BCUT2D eigenvalue weighted by Crippen LogP contribution is -2.57. The van der Waals surface area contributed by atoms with Gasteiger partial charge in [0, 0.05) is 23.3 Å². The summed E-state index contributed by atoms with van der Waals surface area (Å²) in [6, 6.07) is 6.27. The van der Waals surface area contributed by atoms with Crippen LogP contribution < -0.4 is 27.6 Å². The standard InChI is InChI=1S/C21H25N3O9S.3C2HF3O2/c1-10-4-15(25)30-13-5-11(2-3-12(10)13)29-21-20(33-18(28)8-24)19(32-17(27)7-23)14(9-34-21)31-16(26)6-22;3*3-2(4,5)1(6)7/h2-5,14,19-21H,6-9,22-24H2,1H3;3*(H,6,7)/t14-,19+,20-,21-;;;/m1.../s1. The van der Waals surface area contributed by atoms with E-state index in [0.29, 0.717) is 11.3 Å². The van der Waals surface area contributed by atoms with Crippen LogP contribution in [0.15, 0.2) is 33.5 Å². The maximum absolute atomic E-state index is 12.1. The van der Waals surface area contributed by atoms with Crippen LogP contribution in [0.1, 0.15) is 5.56 Å².